The summed E-state index contributed by atoms with van der Waals surface area (Å²) in [5, 5.41) is 0. The Bertz CT molecular complexity index is 581. The van der Waals surface area contributed by atoms with Crippen LogP contribution in [-0.4, -0.2) is 19.2 Å². The van der Waals surface area contributed by atoms with Crippen LogP contribution >= 0.6 is 0 Å². The first-order valence-corrected chi connectivity index (χ1v) is 11.2. The summed E-state index contributed by atoms with van der Waals surface area (Å²) in [6, 6.07) is 7.58. The van der Waals surface area contributed by atoms with Crippen LogP contribution in [-0.2, 0) is 14.3 Å². The van der Waals surface area contributed by atoms with Gasteiger partial charge in [0.15, 0.2) is 6.29 Å². The van der Waals surface area contributed by atoms with Gasteiger partial charge >= 0.3 is 5.97 Å². The topological polar surface area (TPSA) is 44.8 Å². The number of rotatable bonds is 8. The van der Waals surface area contributed by atoms with Crippen LogP contribution in [0.25, 0.3) is 0 Å². The summed E-state index contributed by atoms with van der Waals surface area (Å²) in [6.07, 6.45) is 10.1. The predicted molar refractivity (Wildman–Crippen MR) is 110 cm³/mol. The van der Waals surface area contributed by atoms with Crippen molar-refractivity contribution in [1.82, 2.24) is 0 Å². The van der Waals surface area contributed by atoms with Crippen LogP contribution in [0.1, 0.15) is 83.5 Å². The molecule has 2 aliphatic rings. The van der Waals surface area contributed by atoms with Crippen molar-refractivity contribution in [3.63, 3.8) is 0 Å². The Hall–Kier alpha value is -1.39. The SMILES string of the molecule is CCCCC1CCC(C(=O)Oc2ccc(C3OCC(CCC)CO3)cc2)CC1. The fraction of sp³-hybridized carbons (Fsp3) is 0.708. The summed E-state index contributed by atoms with van der Waals surface area (Å²) in [5.41, 5.74) is 0.978. The average Bonchev–Trinajstić information content (AvgIpc) is 2.74. The second-order valence-corrected chi connectivity index (χ2v) is 8.50. The van der Waals surface area contributed by atoms with Crippen LogP contribution in [0.15, 0.2) is 24.3 Å². The summed E-state index contributed by atoms with van der Waals surface area (Å²) in [7, 11) is 0. The number of hydrogen-bond acceptors (Lipinski definition) is 4. The van der Waals surface area contributed by atoms with E-state index in [9.17, 15) is 4.79 Å². The first-order chi connectivity index (χ1) is 13.7. The van der Waals surface area contributed by atoms with Gasteiger partial charge in [0.25, 0.3) is 0 Å². The maximum absolute atomic E-state index is 12.5. The van der Waals surface area contributed by atoms with Crippen LogP contribution in [0.4, 0.5) is 0 Å². The highest BCUT2D eigenvalue weighted by Gasteiger charge is 2.28. The largest absolute Gasteiger partial charge is 0.426 e. The zero-order valence-corrected chi connectivity index (χ0v) is 17.5. The minimum absolute atomic E-state index is 0.0538. The van der Waals surface area contributed by atoms with E-state index >= 15 is 0 Å². The van der Waals surface area contributed by atoms with Crippen molar-refractivity contribution in [2.45, 2.75) is 77.9 Å². The normalized spacial score (nSPS) is 28.1. The van der Waals surface area contributed by atoms with Crippen molar-refractivity contribution < 1.29 is 19.0 Å². The lowest BCUT2D eigenvalue weighted by Gasteiger charge is -2.29. The van der Waals surface area contributed by atoms with E-state index in [1.165, 1.54) is 19.3 Å². The Balaban J connectivity index is 1.44. The molecule has 156 valence electrons. The van der Waals surface area contributed by atoms with E-state index in [0.29, 0.717) is 11.7 Å². The summed E-state index contributed by atoms with van der Waals surface area (Å²) < 4.78 is 17.3. The Kier molecular flexibility index (Phi) is 8.35. The number of carbonyl (C=O) groups excluding carboxylic acids is 1. The summed E-state index contributed by atoms with van der Waals surface area (Å²) >= 11 is 0. The summed E-state index contributed by atoms with van der Waals surface area (Å²) in [6.45, 7) is 5.92. The molecular formula is C24H36O4. The van der Waals surface area contributed by atoms with E-state index in [1.807, 2.05) is 24.3 Å². The van der Waals surface area contributed by atoms with Gasteiger partial charge in [0.2, 0.25) is 0 Å². The zero-order valence-electron chi connectivity index (χ0n) is 17.5. The van der Waals surface area contributed by atoms with Crippen molar-refractivity contribution in [2.24, 2.45) is 17.8 Å². The van der Waals surface area contributed by atoms with Gasteiger partial charge in [0.05, 0.1) is 19.1 Å². The van der Waals surface area contributed by atoms with Crippen LogP contribution in [0.2, 0.25) is 0 Å². The molecule has 1 aromatic rings. The highest BCUT2D eigenvalue weighted by molar-refractivity contribution is 5.75. The van der Waals surface area contributed by atoms with Gasteiger partial charge < -0.3 is 14.2 Å². The zero-order chi connectivity index (χ0) is 19.8. The molecule has 0 N–H and O–H groups in total. The van der Waals surface area contributed by atoms with Gasteiger partial charge in [-0.25, -0.2) is 0 Å². The average molecular weight is 389 g/mol. The number of esters is 1. The molecule has 1 saturated carbocycles. The fourth-order valence-electron chi connectivity index (χ4n) is 4.38. The minimum Gasteiger partial charge on any atom is -0.426 e. The number of hydrogen-bond donors (Lipinski definition) is 0. The predicted octanol–water partition coefficient (Wildman–Crippen LogP) is 6.05. The highest BCUT2D eigenvalue weighted by Crippen LogP contribution is 2.33. The third-order valence-electron chi connectivity index (χ3n) is 6.18. The molecular weight excluding hydrogens is 352 g/mol. The molecule has 1 heterocycles. The van der Waals surface area contributed by atoms with Gasteiger partial charge in [-0.3, -0.25) is 4.79 Å². The van der Waals surface area contributed by atoms with Crippen LogP contribution in [0.5, 0.6) is 5.75 Å². The quantitative estimate of drug-likeness (QED) is 0.402. The summed E-state index contributed by atoms with van der Waals surface area (Å²) in [5.74, 6) is 1.89. The molecule has 4 heteroatoms. The molecule has 1 aliphatic heterocycles. The Morgan fingerprint density at radius 3 is 2.21 bits per heavy atom. The van der Waals surface area contributed by atoms with Crippen LogP contribution < -0.4 is 4.74 Å². The maximum Gasteiger partial charge on any atom is 0.314 e. The van der Waals surface area contributed by atoms with Crippen molar-refractivity contribution in [1.29, 1.82) is 0 Å². The van der Waals surface area contributed by atoms with Crippen LogP contribution in [0, 0.1) is 17.8 Å². The van der Waals surface area contributed by atoms with E-state index in [2.05, 4.69) is 13.8 Å². The molecule has 0 aromatic heterocycles. The van der Waals surface area contributed by atoms with Crippen molar-refractivity contribution >= 4 is 5.97 Å². The third-order valence-corrected chi connectivity index (χ3v) is 6.18. The van der Waals surface area contributed by atoms with E-state index < -0.39 is 0 Å². The standard InChI is InChI=1S/C24H36O4/c1-3-5-7-18-8-10-20(11-9-18)23(25)28-22-14-12-21(13-15-22)24-26-16-19(6-4-2)17-27-24/h12-15,18-20,24H,3-11,16-17H2,1-2H3. The molecule has 3 rings (SSSR count). The maximum atomic E-state index is 12.5. The van der Waals surface area contributed by atoms with E-state index in [0.717, 1.165) is 63.2 Å². The molecule has 0 radical (unpaired) electrons. The molecule has 0 bridgehead atoms. The summed E-state index contributed by atoms with van der Waals surface area (Å²) in [4.78, 5) is 12.5. The number of unbranched alkanes of at least 4 members (excludes halogenated alkanes) is 1. The van der Waals surface area contributed by atoms with Gasteiger partial charge in [0, 0.05) is 11.5 Å². The molecule has 0 amide bonds. The second kappa shape index (κ2) is 11.0. The van der Waals surface area contributed by atoms with E-state index in [-0.39, 0.29) is 18.2 Å². The molecule has 0 unspecified atom stereocenters. The van der Waals surface area contributed by atoms with Gasteiger partial charge in [-0.15, -0.1) is 0 Å². The third kappa shape index (κ3) is 6.05. The smallest absolute Gasteiger partial charge is 0.314 e. The molecule has 0 atom stereocenters. The van der Waals surface area contributed by atoms with E-state index in [4.69, 9.17) is 14.2 Å². The number of carbonyl (C=O) groups is 1. The first-order valence-electron chi connectivity index (χ1n) is 11.2. The lowest BCUT2D eigenvalue weighted by molar-refractivity contribution is -0.206. The van der Waals surface area contributed by atoms with Crippen molar-refractivity contribution in [3.05, 3.63) is 29.8 Å². The van der Waals surface area contributed by atoms with Gasteiger partial charge in [-0.2, -0.15) is 0 Å². The monoisotopic (exact) mass is 388 g/mol. The lowest BCUT2D eigenvalue weighted by Crippen LogP contribution is -2.27. The molecule has 2 fully saturated rings. The van der Waals surface area contributed by atoms with Gasteiger partial charge in [-0.05, 0) is 50.2 Å². The number of benzene rings is 1. The molecule has 0 spiro atoms. The molecule has 1 saturated heterocycles. The van der Waals surface area contributed by atoms with Gasteiger partial charge in [0.1, 0.15) is 5.75 Å². The fourth-order valence-corrected chi connectivity index (χ4v) is 4.38. The number of ether oxygens (including phenoxy) is 3. The van der Waals surface area contributed by atoms with E-state index in [1.54, 1.807) is 0 Å². The van der Waals surface area contributed by atoms with Gasteiger partial charge in [-0.1, -0.05) is 51.7 Å². The Morgan fingerprint density at radius 1 is 0.929 bits per heavy atom. The molecule has 1 aliphatic carbocycles. The van der Waals surface area contributed by atoms with Crippen molar-refractivity contribution in [2.75, 3.05) is 13.2 Å². The second-order valence-electron chi connectivity index (χ2n) is 8.50. The Labute approximate surface area is 169 Å². The molecule has 1 aromatic carbocycles. The minimum atomic E-state index is -0.309. The molecule has 4 nitrogen and oxygen atoms in total. The van der Waals surface area contributed by atoms with Crippen LogP contribution in [0.3, 0.4) is 0 Å². The molecule has 28 heavy (non-hydrogen) atoms. The first kappa shape index (κ1) is 21.3. The van der Waals surface area contributed by atoms with Crippen molar-refractivity contribution in [3.8, 4) is 5.75 Å². The highest BCUT2D eigenvalue weighted by atomic mass is 16.7. The Morgan fingerprint density at radius 2 is 1.61 bits per heavy atom. The lowest BCUT2D eigenvalue weighted by atomic mass is 9.80.